The predicted molar refractivity (Wildman–Crippen MR) is 165 cm³/mol. The van der Waals surface area contributed by atoms with Crippen LogP contribution in [0, 0.1) is 13.7 Å². The maximum atomic E-state index is 14.0. The first-order valence-electron chi connectivity index (χ1n) is 11.3. The molecule has 37 heavy (non-hydrogen) atoms. The van der Waals surface area contributed by atoms with Crippen molar-refractivity contribution in [3.05, 3.63) is 69.7 Å². The number of methoxy groups -OCH3 is 1. The number of hydrogen-bond acceptors (Lipinski definition) is 5. The zero-order valence-electron chi connectivity index (χ0n) is 21.5. The van der Waals surface area contributed by atoms with Gasteiger partial charge in [0.1, 0.15) is 6.73 Å². The molecule has 0 saturated carbocycles. The van der Waals surface area contributed by atoms with Gasteiger partial charge in [0.05, 0.1) is 21.2 Å². The van der Waals surface area contributed by atoms with Gasteiger partial charge in [-0.2, -0.15) is 0 Å². The van der Waals surface area contributed by atoms with Crippen LogP contribution >= 0.6 is 61.7 Å². The van der Waals surface area contributed by atoms with E-state index in [9.17, 15) is 14.9 Å². The maximum Gasteiger partial charge on any atom is 0.277 e. The monoisotopic (exact) mass is 742 g/mol. The molecule has 0 aromatic heterocycles. The molecule has 0 aliphatic carbocycles. The van der Waals surface area contributed by atoms with Crippen molar-refractivity contribution < 1.29 is 18.9 Å². The van der Waals surface area contributed by atoms with Crippen LogP contribution in [0.4, 0.5) is 11.4 Å². The van der Waals surface area contributed by atoms with E-state index in [2.05, 4.69) is 72.4 Å². The largest absolute Gasteiger partial charge is 0.416 e. The van der Waals surface area contributed by atoms with Gasteiger partial charge in [0.15, 0.2) is 8.32 Å². The molecule has 202 valence electrons. The first-order chi connectivity index (χ1) is 17.1. The molecule has 0 aliphatic heterocycles. The zero-order chi connectivity index (χ0) is 28.1. The number of rotatable bonds is 10. The maximum absolute atomic E-state index is 14.0. The van der Waals surface area contributed by atoms with Crippen LogP contribution in [-0.2, 0) is 14.0 Å². The Morgan fingerprint density at radius 2 is 1.89 bits per heavy atom. The van der Waals surface area contributed by atoms with Gasteiger partial charge < -0.3 is 9.16 Å². The lowest BCUT2D eigenvalue weighted by Crippen LogP contribution is -2.41. The Hall–Kier alpha value is -1.02. The van der Waals surface area contributed by atoms with Gasteiger partial charge in [0, 0.05) is 38.4 Å². The highest BCUT2D eigenvalue weighted by Gasteiger charge is 2.37. The molecule has 2 aromatic rings. The third-order valence-electron chi connectivity index (χ3n) is 6.19. The van der Waals surface area contributed by atoms with E-state index in [0.29, 0.717) is 29.9 Å². The fourth-order valence-electron chi connectivity index (χ4n) is 3.18. The summed E-state index contributed by atoms with van der Waals surface area (Å²) in [4.78, 5) is 26.7. The number of carbonyl (C=O) groups is 1. The lowest BCUT2D eigenvalue weighted by molar-refractivity contribution is -0.385. The smallest absolute Gasteiger partial charge is 0.277 e. The van der Waals surface area contributed by atoms with Gasteiger partial charge in [-0.1, -0.05) is 59.9 Å². The van der Waals surface area contributed by atoms with E-state index in [-0.39, 0.29) is 35.5 Å². The van der Waals surface area contributed by atoms with Gasteiger partial charge >= 0.3 is 0 Å². The van der Waals surface area contributed by atoms with Crippen LogP contribution in [0.15, 0.2) is 40.4 Å². The Morgan fingerprint density at radius 3 is 2.43 bits per heavy atom. The molecule has 7 nitrogen and oxygen atoms in total. The number of nitro benzene ring substituents is 1. The zero-order valence-corrected chi connectivity index (χ0v) is 27.8. The summed E-state index contributed by atoms with van der Waals surface area (Å²) >= 11 is 18.0. The number of nitrogens with zero attached hydrogens (tertiary/aromatic N) is 2. The van der Waals surface area contributed by atoms with Crippen LogP contribution in [0.3, 0.4) is 0 Å². The molecule has 0 unspecified atom stereocenters. The predicted octanol–water partition coefficient (Wildman–Crippen LogP) is 8.70. The van der Waals surface area contributed by atoms with E-state index in [1.165, 1.54) is 18.1 Å². The molecule has 0 bridgehead atoms. The summed E-state index contributed by atoms with van der Waals surface area (Å²) in [6.45, 7) is 10.9. The third kappa shape index (κ3) is 8.48. The van der Waals surface area contributed by atoms with Crippen molar-refractivity contribution in [3.63, 3.8) is 0 Å². The molecule has 0 fully saturated rings. The number of carbonyl (C=O) groups excluding carboxylic acids is 1. The van der Waals surface area contributed by atoms with Gasteiger partial charge in [0.2, 0.25) is 0 Å². The molecule has 1 amide bonds. The van der Waals surface area contributed by atoms with Crippen molar-refractivity contribution in [2.75, 3.05) is 25.3 Å². The highest BCUT2D eigenvalue weighted by Crippen LogP contribution is 2.38. The Labute approximate surface area is 251 Å². The second-order valence-electron chi connectivity index (χ2n) is 9.86. The van der Waals surface area contributed by atoms with Crippen molar-refractivity contribution in [1.29, 1.82) is 0 Å². The van der Waals surface area contributed by atoms with Gasteiger partial charge in [0.25, 0.3) is 11.6 Å². The molecule has 0 heterocycles. The first-order valence-corrected chi connectivity index (χ1v) is 16.9. The molecule has 0 aliphatic rings. The fraction of sp³-hybridized carbons (Fsp3) is 0.400. The molecule has 2 rings (SSSR count). The number of anilines is 1. The molecular weight excluding hydrogens is 714 g/mol. The molecule has 0 N–H and O–H groups in total. The number of halogens is 4. The Balaban J connectivity index is 2.60. The van der Waals surface area contributed by atoms with Crippen molar-refractivity contribution in [1.82, 2.24) is 0 Å². The van der Waals surface area contributed by atoms with Gasteiger partial charge in [-0.25, -0.2) is 0 Å². The second-order valence-corrected chi connectivity index (χ2v) is 17.6. The van der Waals surface area contributed by atoms with Crippen LogP contribution in [0.25, 0.3) is 6.08 Å². The van der Waals surface area contributed by atoms with Crippen molar-refractivity contribution >= 4 is 93.4 Å². The molecular formula is C25H30BrCl2IN2O5Si. The highest BCUT2D eigenvalue weighted by molar-refractivity contribution is 14.1. The number of benzene rings is 2. The Bertz CT molecular complexity index is 1180. The lowest BCUT2D eigenvalue weighted by Gasteiger charge is -2.36. The SMILES string of the molecule is COCN(C(=O)/C(=C/c1ccc(Br)cc1[N+](=O)[O-])CCO[Si](C)(C)C(C)(C)C)c1c(Cl)cc(Cl)cc1I. The van der Waals surface area contributed by atoms with E-state index in [1.54, 1.807) is 30.3 Å². The van der Waals surface area contributed by atoms with Crippen molar-refractivity contribution in [2.24, 2.45) is 0 Å². The number of nitro groups is 1. The van der Waals surface area contributed by atoms with Gasteiger partial charge in [-0.15, -0.1) is 0 Å². The molecule has 0 radical (unpaired) electrons. The van der Waals surface area contributed by atoms with Crippen LogP contribution in [0.1, 0.15) is 32.8 Å². The summed E-state index contributed by atoms with van der Waals surface area (Å²) in [7, 11) is -0.621. The molecule has 0 saturated heterocycles. The van der Waals surface area contributed by atoms with Crippen LogP contribution < -0.4 is 4.90 Å². The summed E-state index contributed by atoms with van der Waals surface area (Å²) < 4.78 is 12.9. The summed E-state index contributed by atoms with van der Waals surface area (Å²) in [6.07, 6.45) is 1.78. The fourth-order valence-corrected chi connectivity index (χ4v) is 6.43. The number of ether oxygens (including phenoxy) is 1. The molecule has 12 heteroatoms. The van der Waals surface area contributed by atoms with Crippen LogP contribution in [0.2, 0.25) is 28.2 Å². The van der Waals surface area contributed by atoms with E-state index in [1.807, 2.05) is 0 Å². The topological polar surface area (TPSA) is 81.9 Å². The average Bonchev–Trinajstić information content (AvgIpc) is 2.76. The summed E-state index contributed by atoms with van der Waals surface area (Å²) in [6, 6.07) is 7.96. The van der Waals surface area contributed by atoms with Crippen molar-refractivity contribution in [2.45, 2.75) is 45.3 Å². The molecule has 0 atom stereocenters. The number of hydrogen-bond donors (Lipinski definition) is 0. The summed E-state index contributed by atoms with van der Waals surface area (Å²) in [5, 5.41) is 12.5. The van der Waals surface area contributed by atoms with Gasteiger partial charge in [-0.05, 0) is 77.5 Å². The van der Waals surface area contributed by atoms with Gasteiger partial charge in [-0.3, -0.25) is 19.8 Å². The van der Waals surface area contributed by atoms with E-state index in [0.717, 1.165) is 0 Å². The van der Waals surface area contributed by atoms with E-state index < -0.39 is 19.1 Å². The quantitative estimate of drug-likeness (QED) is 0.0608. The van der Waals surface area contributed by atoms with Crippen LogP contribution in [0.5, 0.6) is 0 Å². The average molecular weight is 744 g/mol. The van der Waals surface area contributed by atoms with Crippen LogP contribution in [-0.4, -0.2) is 39.6 Å². The Morgan fingerprint density at radius 1 is 1.24 bits per heavy atom. The summed E-state index contributed by atoms with van der Waals surface area (Å²) in [5.74, 6) is -0.403. The minimum Gasteiger partial charge on any atom is -0.416 e. The minimum atomic E-state index is -2.09. The highest BCUT2D eigenvalue weighted by atomic mass is 127. The standard InChI is InChI=1S/C25H30BrCl2IN2O5Si/c1-25(2,3)37(5,6)36-10-9-17(11-16-7-8-18(26)12-22(16)31(33)34)24(32)30(15-35-4)23-20(28)13-19(27)14-21(23)29/h7-8,11-14H,9-10,15H2,1-6H3/b17-11+. The molecule has 2 aromatic carbocycles. The molecule has 0 spiro atoms. The third-order valence-corrected chi connectivity index (χ3v) is 12.5. The Kier molecular flexibility index (Phi) is 11.6. The normalized spacial score (nSPS) is 12.5. The van der Waals surface area contributed by atoms with E-state index in [4.69, 9.17) is 32.4 Å². The van der Waals surface area contributed by atoms with E-state index >= 15 is 0 Å². The number of amides is 1. The minimum absolute atomic E-state index is 0.0135. The lowest BCUT2D eigenvalue weighted by atomic mass is 10.1. The second kappa shape index (κ2) is 13.4. The first kappa shape index (κ1) is 32.2. The summed E-state index contributed by atoms with van der Waals surface area (Å²) in [5.41, 5.74) is 0.948. The van der Waals surface area contributed by atoms with Crippen molar-refractivity contribution in [3.8, 4) is 0 Å².